The predicted octanol–water partition coefficient (Wildman–Crippen LogP) is 2.93. The van der Waals surface area contributed by atoms with Crippen LogP contribution < -0.4 is 4.90 Å². The Morgan fingerprint density at radius 1 is 1.14 bits per heavy atom. The molecular formula is C21H22FN5O2. The molecule has 4 heterocycles. The first-order valence-corrected chi connectivity index (χ1v) is 9.86. The van der Waals surface area contributed by atoms with Crippen molar-refractivity contribution in [2.24, 2.45) is 0 Å². The summed E-state index contributed by atoms with van der Waals surface area (Å²) in [5.74, 6) is 0.585. The Hall–Kier alpha value is -2.84. The molecule has 3 aromatic rings. The first-order valence-electron chi connectivity index (χ1n) is 9.86. The number of hydrogen-bond donors (Lipinski definition) is 1. The van der Waals surface area contributed by atoms with E-state index in [1.54, 1.807) is 12.7 Å². The number of rotatable bonds is 4. The van der Waals surface area contributed by atoms with Crippen LogP contribution in [0.2, 0.25) is 0 Å². The van der Waals surface area contributed by atoms with Crippen LogP contribution in [0.15, 0.2) is 43.0 Å². The highest BCUT2D eigenvalue weighted by atomic mass is 19.1. The minimum absolute atomic E-state index is 0.0276. The van der Waals surface area contributed by atoms with Gasteiger partial charge < -0.3 is 14.7 Å². The molecule has 0 aliphatic carbocycles. The standard InChI is InChI=1S/C21H22FN5O2/c22-16-3-1-14(2-4-16)15-7-9-26(10-8-15)20-19-21(24-12-23-20)27(13-25-19)18-6-5-17(11-28)29-18/h1-4,7,12-13,17-18,28H,5-6,8-11H2. The lowest BCUT2D eigenvalue weighted by atomic mass is 9.99. The topological polar surface area (TPSA) is 76.3 Å². The number of nitrogens with zero attached hydrogens (tertiary/aromatic N) is 5. The zero-order valence-corrected chi connectivity index (χ0v) is 15.9. The van der Waals surface area contributed by atoms with E-state index in [9.17, 15) is 9.50 Å². The predicted molar refractivity (Wildman–Crippen MR) is 107 cm³/mol. The maximum absolute atomic E-state index is 13.2. The third kappa shape index (κ3) is 3.38. The van der Waals surface area contributed by atoms with Gasteiger partial charge in [0.2, 0.25) is 0 Å². The lowest BCUT2D eigenvalue weighted by Crippen LogP contribution is -2.29. The van der Waals surface area contributed by atoms with Crippen LogP contribution in [0.1, 0.15) is 31.1 Å². The number of halogens is 1. The summed E-state index contributed by atoms with van der Waals surface area (Å²) < 4.78 is 21.0. The molecule has 1 aromatic carbocycles. The minimum atomic E-state index is -0.220. The van der Waals surface area contributed by atoms with Crippen molar-refractivity contribution >= 4 is 22.6 Å². The van der Waals surface area contributed by atoms with Gasteiger partial charge in [0.1, 0.15) is 18.4 Å². The molecule has 0 bridgehead atoms. The van der Waals surface area contributed by atoms with Gasteiger partial charge in [-0.3, -0.25) is 4.57 Å². The van der Waals surface area contributed by atoms with Crippen molar-refractivity contribution in [3.8, 4) is 0 Å². The van der Waals surface area contributed by atoms with Crippen molar-refractivity contribution in [3.63, 3.8) is 0 Å². The fourth-order valence-corrected chi connectivity index (χ4v) is 4.10. The summed E-state index contributed by atoms with van der Waals surface area (Å²) >= 11 is 0. The largest absolute Gasteiger partial charge is 0.394 e. The molecule has 2 aliphatic rings. The molecule has 2 unspecified atom stereocenters. The molecule has 5 rings (SSSR count). The monoisotopic (exact) mass is 395 g/mol. The molecule has 0 saturated carbocycles. The number of hydrogen-bond acceptors (Lipinski definition) is 6. The normalized spacial score (nSPS) is 22.3. The maximum atomic E-state index is 13.2. The van der Waals surface area contributed by atoms with Crippen LogP contribution in [0.3, 0.4) is 0 Å². The summed E-state index contributed by atoms with van der Waals surface area (Å²) in [5.41, 5.74) is 3.76. The molecule has 2 atom stereocenters. The van der Waals surface area contributed by atoms with Gasteiger partial charge in [-0.15, -0.1) is 0 Å². The van der Waals surface area contributed by atoms with Crippen molar-refractivity contribution in [2.45, 2.75) is 31.6 Å². The summed E-state index contributed by atoms with van der Waals surface area (Å²) in [6, 6.07) is 6.64. The molecule has 1 saturated heterocycles. The lowest BCUT2D eigenvalue weighted by Gasteiger charge is -2.27. The van der Waals surface area contributed by atoms with E-state index in [1.807, 2.05) is 16.7 Å². The average molecular weight is 395 g/mol. The van der Waals surface area contributed by atoms with E-state index in [2.05, 4.69) is 25.9 Å². The summed E-state index contributed by atoms with van der Waals surface area (Å²) in [6.45, 7) is 1.53. The first kappa shape index (κ1) is 18.2. The Morgan fingerprint density at radius 3 is 2.72 bits per heavy atom. The molecule has 2 aromatic heterocycles. The number of ether oxygens (including phenoxy) is 1. The quantitative estimate of drug-likeness (QED) is 0.732. The van der Waals surface area contributed by atoms with Crippen molar-refractivity contribution in [3.05, 3.63) is 54.4 Å². The van der Waals surface area contributed by atoms with Gasteiger partial charge in [0.05, 0.1) is 19.0 Å². The van der Waals surface area contributed by atoms with Crippen molar-refractivity contribution in [1.82, 2.24) is 19.5 Å². The van der Waals surface area contributed by atoms with Gasteiger partial charge in [-0.1, -0.05) is 18.2 Å². The fourth-order valence-electron chi connectivity index (χ4n) is 4.10. The van der Waals surface area contributed by atoms with E-state index < -0.39 is 0 Å². The molecule has 1 fully saturated rings. The lowest BCUT2D eigenvalue weighted by molar-refractivity contribution is -0.0207. The SMILES string of the molecule is OCC1CCC(n2cnc3c(N4CC=C(c5ccc(F)cc5)CC4)ncnc32)O1. The molecule has 0 spiro atoms. The highest BCUT2D eigenvalue weighted by molar-refractivity contribution is 5.84. The second-order valence-corrected chi connectivity index (χ2v) is 7.43. The van der Waals surface area contributed by atoms with Crippen LogP contribution in [-0.2, 0) is 4.74 Å². The number of aromatic nitrogens is 4. The highest BCUT2D eigenvalue weighted by Crippen LogP contribution is 2.33. The fraction of sp³-hybridized carbons (Fsp3) is 0.381. The number of imidazole rings is 1. The molecule has 8 heteroatoms. The summed E-state index contributed by atoms with van der Waals surface area (Å²) in [7, 11) is 0. The van der Waals surface area contributed by atoms with Crippen molar-refractivity contribution in [1.29, 1.82) is 0 Å². The average Bonchev–Trinajstić information content (AvgIpc) is 3.41. The molecule has 1 N–H and O–H groups in total. The van der Waals surface area contributed by atoms with Crippen LogP contribution in [0.4, 0.5) is 10.2 Å². The van der Waals surface area contributed by atoms with Crippen molar-refractivity contribution < 1.29 is 14.2 Å². The smallest absolute Gasteiger partial charge is 0.167 e. The van der Waals surface area contributed by atoms with Gasteiger partial charge in [-0.05, 0) is 42.5 Å². The summed E-state index contributed by atoms with van der Waals surface area (Å²) in [5, 5.41) is 9.32. The van der Waals surface area contributed by atoms with Crippen LogP contribution in [0.5, 0.6) is 0 Å². The number of fused-ring (bicyclic) bond motifs is 1. The number of anilines is 1. The van der Waals surface area contributed by atoms with Gasteiger partial charge in [0.15, 0.2) is 17.0 Å². The minimum Gasteiger partial charge on any atom is -0.394 e. The zero-order chi connectivity index (χ0) is 19.8. The summed E-state index contributed by atoms with van der Waals surface area (Å²) in [4.78, 5) is 15.7. The third-order valence-electron chi connectivity index (χ3n) is 5.66. The Balaban J connectivity index is 1.39. The van der Waals surface area contributed by atoms with Crippen LogP contribution in [0, 0.1) is 5.82 Å². The Kier molecular flexibility index (Phi) is 4.73. The molecule has 7 nitrogen and oxygen atoms in total. The molecule has 150 valence electrons. The molecule has 2 aliphatic heterocycles. The molecule has 0 amide bonds. The van der Waals surface area contributed by atoms with Gasteiger partial charge >= 0.3 is 0 Å². The Morgan fingerprint density at radius 2 is 2.00 bits per heavy atom. The first-order chi connectivity index (χ1) is 14.2. The van der Waals surface area contributed by atoms with E-state index in [4.69, 9.17) is 4.74 Å². The van der Waals surface area contributed by atoms with Gasteiger partial charge in [-0.2, -0.15) is 0 Å². The van der Waals surface area contributed by atoms with Gasteiger partial charge in [0.25, 0.3) is 0 Å². The van der Waals surface area contributed by atoms with E-state index in [1.165, 1.54) is 17.7 Å². The second-order valence-electron chi connectivity index (χ2n) is 7.43. The van der Waals surface area contributed by atoms with Crippen LogP contribution >= 0.6 is 0 Å². The second kappa shape index (κ2) is 7.53. The molecule has 29 heavy (non-hydrogen) atoms. The maximum Gasteiger partial charge on any atom is 0.167 e. The van der Waals surface area contributed by atoms with Crippen LogP contribution in [-0.4, -0.2) is 50.4 Å². The Labute approximate surface area is 167 Å². The van der Waals surface area contributed by atoms with E-state index in [-0.39, 0.29) is 24.8 Å². The van der Waals surface area contributed by atoms with Crippen LogP contribution in [0.25, 0.3) is 16.7 Å². The van der Waals surface area contributed by atoms with Crippen molar-refractivity contribution in [2.75, 3.05) is 24.6 Å². The number of benzene rings is 1. The molecule has 0 radical (unpaired) electrons. The zero-order valence-electron chi connectivity index (χ0n) is 15.9. The van der Waals surface area contributed by atoms with Gasteiger partial charge in [0, 0.05) is 13.1 Å². The molecular weight excluding hydrogens is 373 g/mol. The highest BCUT2D eigenvalue weighted by Gasteiger charge is 2.28. The number of aliphatic hydroxyl groups is 1. The van der Waals surface area contributed by atoms with E-state index in [0.717, 1.165) is 48.4 Å². The number of aliphatic hydroxyl groups excluding tert-OH is 1. The Bertz CT molecular complexity index is 1050. The van der Waals surface area contributed by atoms with E-state index in [0.29, 0.717) is 6.54 Å². The third-order valence-corrected chi connectivity index (χ3v) is 5.66. The van der Waals surface area contributed by atoms with Gasteiger partial charge in [-0.25, -0.2) is 19.3 Å². The van der Waals surface area contributed by atoms with E-state index >= 15 is 0 Å². The summed E-state index contributed by atoms with van der Waals surface area (Å²) in [6.07, 6.45) is 7.67.